The van der Waals surface area contributed by atoms with Crippen molar-refractivity contribution >= 4 is 5.82 Å². The van der Waals surface area contributed by atoms with Crippen molar-refractivity contribution in [2.24, 2.45) is 0 Å². The zero-order valence-corrected chi connectivity index (χ0v) is 13.0. The molecule has 2 heterocycles. The Morgan fingerprint density at radius 2 is 2.14 bits per heavy atom. The van der Waals surface area contributed by atoms with Crippen LogP contribution in [0.3, 0.4) is 0 Å². The second-order valence-electron chi connectivity index (χ2n) is 5.99. The van der Waals surface area contributed by atoms with Crippen molar-refractivity contribution in [3.63, 3.8) is 0 Å². The molecule has 0 spiro atoms. The summed E-state index contributed by atoms with van der Waals surface area (Å²) in [6.07, 6.45) is 2.15. The lowest BCUT2D eigenvalue weighted by atomic mass is 10.0. The van der Waals surface area contributed by atoms with Gasteiger partial charge in [-0.15, -0.1) is 0 Å². The number of nitrogens with one attached hydrogen (secondary N) is 1. The molecule has 3 rings (SSSR count). The molecule has 1 aromatic heterocycles. The molecule has 1 atom stereocenters. The molecule has 1 aromatic carbocycles. The normalized spacial score (nSPS) is 21.0. The number of hydrogen-bond donors (Lipinski definition) is 2. The number of rotatable bonds is 4. The SMILES string of the molecule is Cc1cc(NC[C@]2(C)CCCO2)nc(-c2ccccc2O)n1. The summed E-state index contributed by atoms with van der Waals surface area (Å²) in [5, 5.41) is 13.3. The number of phenolic OH excluding ortho intramolecular Hbond substituents is 1. The molecule has 0 saturated carbocycles. The molecule has 1 fully saturated rings. The van der Waals surface area contributed by atoms with E-state index in [0.29, 0.717) is 17.9 Å². The molecular weight excluding hydrogens is 278 g/mol. The van der Waals surface area contributed by atoms with E-state index < -0.39 is 0 Å². The van der Waals surface area contributed by atoms with Crippen molar-refractivity contribution in [2.45, 2.75) is 32.3 Å². The lowest BCUT2D eigenvalue weighted by Gasteiger charge is -2.23. The van der Waals surface area contributed by atoms with Crippen LogP contribution in [0.1, 0.15) is 25.5 Å². The number of benzene rings is 1. The van der Waals surface area contributed by atoms with Crippen LogP contribution in [0.4, 0.5) is 5.82 Å². The molecule has 116 valence electrons. The second kappa shape index (κ2) is 5.93. The fourth-order valence-electron chi connectivity index (χ4n) is 2.70. The van der Waals surface area contributed by atoms with Gasteiger partial charge in [-0.05, 0) is 38.8 Å². The summed E-state index contributed by atoms with van der Waals surface area (Å²) in [5.41, 5.74) is 1.36. The fourth-order valence-corrected chi connectivity index (χ4v) is 2.70. The summed E-state index contributed by atoms with van der Waals surface area (Å²) in [4.78, 5) is 8.94. The molecule has 0 radical (unpaired) electrons. The highest BCUT2D eigenvalue weighted by Gasteiger charge is 2.29. The van der Waals surface area contributed by atoms with Gasteiger partial charge >= 0.3 is 0 Å². The van der Waals surface area contributed by atoms with E-state index in [1.165, 1.54) is 0 Å². The van der Waals surface area contributed by atoms with Gasteiger partial charge in [0.05, 0.1) is 11.2 Å². The Morgan fingerprint density at radius 3 is 2.86 bits per heavy atom. The van der Waals surface area contributed by atoms with E-state index in [0.717, 1.165) is 31.0 Å². The quantitative estimate of drug-likeness (QED) is 0.908. The summed E-state index contributed by atoms with van der Waals surface area (Å²) in [6.45, 7) is 5.57. The Balaban J connectivity index is 1.82. The lowest BCUT2D eigenvalue weighted by molar-refractivity contribution is 0.0315. The lowest BCUT2D eigenvalue weighted by Crippen LogP contribution is -2.32. The van der Waals surface area contributed by atoms with Crippen LogP contribution in [0.25, 0.3) is 11.4 Å². The van der Waals surface area contributed by atoms with Crippen molar-refractivity contribution in [1.82, 2.24) is 9.97 Å². The molecular formula is C17H21N3O2. The predicted octanol–water partition coefficient (Wildman–Crippen LogP) is 3.14. The van der Waals surface area contributed by atoms with Crippen LogP contribution in [0.5, 0.6) is 5.75 Å². The van der Waals surface area contributed by atoms with E-state index in [1.54, 1.807) is 12.1 Å². The van der Waals surface area contributed by atoms with Gasteiger partial charge in [-0.2, -0.15) is 0 Å². The summed E-state index contributed by atoms with van der Waals surface area (Å²) in [5.74, 6) is 1.46. The Bertz CT molecular complexity index is 667. The maximum absolute atomic E-state index is 9.97. The molecule has 0 amide bonds. The van der Waals surface area contributed by atoms with Crippen molar-refractivity contribution in [3.05, 3.63) is 36.0 Å². The van der Waals surface area contributed by atoms with Gasteiger partial charge < -0.3 is 15.2 Å². The number of ether oxygens (including phenoxy) is 1. The number of phenols is 1. The molecule has 1 saturated heterocycles. The number of anilines is 1. The molecule has 0 unspecified atom stereocenters. The predicted molar refractivity (Wildman–Crippen MR) is 86.0 cm³/mol. The molecule has 2 N–H and O–H groups in total. The van der Waals surface area contributed by atoms with Crippen molar-refractivity contribution in [2.75, 3.05) is 18.5 Å². The maximum atomic E-state index is 9.97. The molecule has 5 heteroatoms. The monoisotopic (exact) mass is 299 g/mol. The van der Waals surface area contributed by atoms with Gasteiger partial charge in [0.15, 0.2) is 5.82 Å². The summed E-state index contributed by atoms with van der Waals surface area (Å²) < 4.78 is 5.78. The Hall–Kier alpha value is -2.14. The minimum atomic E-state index is -0.131. The second-order valence-corrected chi connectivity index (χ2v) is 5.99. The topological polar surface area (TPSA) is 67.3 Å². The van der Waals surface area contributed by atoms with Gasteiger partial charge in [-0.25, -0.2) is 9.97 Å². The minimum Gasteiger partial charge on any atom is -0.507 e. The zero-order valence-electron chi connectivity index (χ0n) is 13.0. The summed E-state index contributed by atoms with van der Waals surface area (Å²) >= 11 is 0. The first-order chi connectivity index (χ1) is 10.6. The van der Waals surface area contributed by atoms with Gasteiger partial charge in [0, 0.05) is 24.9 Å². The van der Waals surface area contributed by atoms with Crippen LogP contribution in [0.2, 0.25) is 0 Å². The first-order valence-electron chi connectivity index (χ1n) is 7.58. The van der Waals surface area contributed by atoms with Gasteiger partial charge in [0.2, 0.25) is 0 Å². The maximum Gasteiger partial charge on any atom is 0.165 e. The third-order valence-electron chi connectivity index (χ3n) is 3.94. The first-order valence-corrected chi connectivity index (χ1v) is 7.58. The molecule has 1 aliphatic rings. The molecule has 2 aromatic rings. The number of para-hydroxylation sites is 1. The van der Waals surface area contributed by atoms with Crippen LogP contribution in [-0.2, 0) is 4.74 Å². The van der Waals surface area contributed by atoms with Gasteiger partial charge in [-0.1, -0.05) is 12.1 Å². The van der Waals surface area contributed by atoms with Crippen LogP contribution in [-0.4, -0.2) is 33.8 Å². The third-order valence-corrected chi connectivity index (χ3v) is 3.94. The van der Waals surface area contributed by atoms with Crippen LogP contribution < -0.4 is 5.32 Å². The Labute approximate surface area is 130 Å². The van der Waals surface area contributed by atoms with Gasteiger partial charge in [0.1, 0.15) is 11.6 Å². The van der Waals surface area contributed by atoms with E-state index in [1.807, 2.05) is 25.1 Å². The largest absolute Gasteiger partial charge is 0.507 e. The zero-order chi connectivity index (χ0) is 15.6. The Kier molecular flexibility index (Phi) is 3.98. The smallest absolute Gasteiger partial charge is 0.165 e. The number of aryl methyl sites for hydroxylation is 1. The van der Waals surface area contributed by atoms with Crippen LogP contribution in [0.15, 0.2) is 30.3 Å². The van der Waals surface area contributed by atoms with Crippen molar-refractivity contribution in [3.8, 4) is 17.1 Å². The van der Waals surface area contributed by atoms with E-state index in [4.69, 9.17) is 4.74 Å². The number of hydrogen-bond acceptors (Lipinski definition) is 5. The van der Waals surface area contributed by atoms with E-state index in [2.05, 4.69) is 22.2 Å². The summed E-state index contributed by atoms with van der Waals surface area (Å²) in [6, 6.07) is 9.01. The van der Waals surface area contributed by atoms with Crippen LogP contribution >= 0.6 is 0 Å². The number of nitrogens with zero attached hydrogens (tertiary/aromatic N) is 2. The average Bonchev–Trinajstić information content (AvgIpc) is 2.92. The standard InChI is InChI=1S/C17H21N3O2/c1-12-10-15(18-11-17(2)8-5-9-22-17)20-16(19-12)13-6-3-4-7-14(13)21/h3-4,6-7,10,21H,5,8-9,11H2,1-2H3,(H,18,19,20)/t17-/m0/s1. The van der Waals surface area contributed by atoms with Gasteiger partial charge in [0.25, 0.3) is 0 Å². The Morgan fingerprint density at radius 1 is 1.32 bits per heavy atom. The fraction of sp³-hybridized carbons (Fsp3) is 0.412. The van der Waals surface area contributed by atoms with E-state index >= 15 is 0 Å². The molecule has 1 aliphatic heterocycles. The highest BCUT2D eigenvalue weighted by molar-refractivity contribution is 5.64. The molecule has 0 bridgehead atoms. The van der Waals surface area contributed by atoms with Crippen molar-refractivity contribution in [1.29, 1.82) is 0 Å². The van der Waals surface area contributed by atoms with Crippen molar-refractivity contribution < 1.29 is 9.84 Å². The third kappa shape index (κ3) is 3.20. The van der Waals surface area contributed by atoms with E-state index in [-0.39, 0.29) is 11.4 Å². The van der Waals surface area contributed by atoms with Gasteiger partial charge in [-0.3, -0.25) is 0 Å². The highest BCUT2D eigenvalue weighted by Crippen LogP contribution is 2.28. The minimum absolute atomic E-state index is 0.131. The molecule has 22 heavy (non-hydrogen) atoms. The summed E-state index contributed by atoms with van der Waals surface area (Å²) in [7, 11) is 0. The molecule has 5 nitrogen and oxygen atoms in total. The first kappa shape index (κ1) is 14.8. The number of aromatic hydroxyl groups is 1. The highest BCUT2D eigenvalue weighted by atomic mass is 16.5. The molecule has 0 aliphatic carbocycles. The van der Waals surface area contributed by atoms with E-state index in [9.17, 15) is 5.11 Å². The average molecular weight is 299 g/mol. The van der Waals surface area contributed by atoms with Crippen LogP contribution in [0, 0.1) is 6.92 Å². The number of aromatic nitrogens is 2.